The highest BCUT2D eigenvalue weighted by Gasteiger charge is 2.28. The molecule has 198 valence electrons. The Morgan fingerprint density at radius 2 is 1.28 bits per heavy atom. The largest absolute Gasteiger partial charge is 0.465 e. The van der Waals surface area contributed by atoms with Crippen molar-refractivity contribution in [3.05, 3.63) is 125 Å². The van der Waals surface area contributed by atoms with Gasteiger partial charge in [-0.2, -0.15) is 0 Å². The van der Waals surface area contributed by atoms with E-state index in [2.05, 4.69) is 5.32 Å². The van der Waals surface area contributed by atoms with Crippen LogP contribution in [0.4, 0.5) is 10.5 Å². The molecule has 4 aromatic rings. The van der Waals surface area contributed by atoms with E-state index in [1.165, 1.54) is 25.2 Å². The number of methoxy groups -OCH3 is 2. The summed E-state index contributed by atoms with van der Waals surface area (Å²) in [5.74, 6) is -0.0731. The number of hydrogen-bond acceptors (Lipinski definition) is 6. The molecule has 0 radical (unpaired) electrons. The lowest BCUT2D eigenvalue weighted by atomic mass is 10.0. The van der Waals surface area contributed by atoms with Gasteiger partial charge in [0, 0.05) is 6.54 Å². The summed E-state index contributed by atoms with van der Waals surface area (Å²) in [7, 11) is 2.44. The van der Waals surface area contributed by atoms with Crippen LogP contribution in [0.1, 0.15) is 31.8 Å². The summed E-state index contributed by atoms with van der Waals surface area (Å²) in [4.78, 5) is 40.2. The Morgan fingerprint density at radius 1 is 0.667 bits per heavy atom. The highest BCUT2D eigenvalue weighted by molar-refractivity contribution is 6.09. The summed E-state index contributed by atoms with van der Waals surface area (Å²) in [6.45, 7) is 0.366. The summed E-state index contributed by atoms with van der Waals surface area (Å²) >= 11 is 0. The van der Waals surface area contributed by atoms with Gasteiger partial charge in [-0.3, -0.25) is 4.90 Å². The van der Waals surface area contributed by atoms with Crippen LogP contribution in [0.15, 0.2) is 103 Å². The Hall–Kier alpha value is -5.11. The summed E-state index contributed by atoms with van der Waals surface area (Å²) < 4.78 is 15.7. The molecule has 0 unspecified atom stereocenters. The normalized spacial score (nSPS) is 10.3. The van der Waals surface area contributed by atoms with E-state index >= 15 is 0 Å². The zero-order chi connectivity index (χ0) is 27.6. The molecule has 0 aliphatic carbocycles. The van der Waals surface area contributed by atoms with Gasteiger partial charge in [0.05, 0.1) is 37.6 Å². The van der Waals surface area contributed by atoms with Crippen molar-refractivity contribution in [2.24, 2.45) is 0 Å². The van der Waals surface area contributed by atoms with E-state index in [1.54, 1.807) is 12.1 Å². The Kier molecular flexibility index (Phi) is 8.92. The van der Waals surface area contributed by atoms with E-state index in [0.29, 0.717) is 5.75 Å². The fraction of sp³-hybridized carbons (Fsp3) is 0.129. The number of carbonyl (C=O) groups excluding carboxylic acids is 3. The molecule has 8 heteroatoms. The molecule has 0 aliphatic rings. The summed E-state index contributed by atoms with van der Waals surface area (Å²) in [6.07, 6.45) is 0. The fourth-order valence-electron chi connectivity index (χ4n) is 3.97. The highest BCUT2D eigenvalue weighted by Crippen LogP contribution is 2.28. The molecule has 0 saturated heterocycles. The number of esters is 2. The molecule has 0 saturated carbocycles. The predicted octanol–water partition coefficient (Wildman–Crippen LogP) is 5.97. The van der Waals surface area contributed by atoms with Gasteiger partial charge >= 0.3 is 18.0 Å². The molecule has 0 spiro atoms. The van der Waals surface area contributed by atoms with Crippen molar-refractivity contribution in [1.29, 1.82) is 0 Å². The minimum Gasteiger partial charge on any atom is -0.465 e. The van der Waals surface area contributed by atoms with Crippen LogP contribution in [0.25, 0.3) is 0 Å². The van der Waals surface area contributed by atoms with Gasteiger partial charge in [-0.15, -0.1) is 0 Å². The van der Waals surface area contributed by atoms with Crippen LogP contribution < -0.4 is 15.0 Å². The number of para-hydroxylation sites is 1. The molecular formula is C31H28N2O6. The standard InChI is InChI=1S/C31H28N2O6/c1-37-29(34)26-14-9-15-27(28(26)30(35)38-2)33(21-23-10-5-3-6-11-23)31(36)32-20-22-16-18-25(19-17-22)39-24-12-7-4-8-13-24/h3-19H,20-21H2,1-2H3,(H,32,36). The zero-order valence-electron chi connectivity index (χ0n) is 21.6. The van der Waals surface area contributed by atoms with Crippen molar-refractivity contribution in [3.8, 4) is 11.5 Å². The second kappa shape index (κ2) is 12.9. The van der Waals surface area contributed by atoms with Crippen molar-refractivity contribution in [2.75, 3.05) is 19.1 Å². The number of benzene rings is 4. The van der Waals surface area contributed by atoms with E-state index in [0.717, 1.165) is 16.9 Å². The summed E-state index contributed by atoms with van der Waals surface area (Å²) in [6, 6.07) is 30.3. The molecule has 0 atom stereocenters. The number of urea groups is 1. The Bertz CT molecular complexity index is 1420. The lowest BCUT2D eigenvalue weighted by Gasteiger charge is -2.26. The molecular weight excluding hydrogens is 496 g/mol. The minimum atomic E-state index is -0.758. The lowest BCUT2D eigenvalue weighted by molar-refractivity contribution is 0.0556. The third-order valence-corrected chi connectivity index (χ3v) is 5.90. The van der Waals surface area contributed by atoms with Crippen LogP contribution in [-0.4, -0.2) is 32.2 Å². The average Bonchev–Trinajstić information content (AvgIpc) is 2.99. The first kappa shape index (κ1) is 26.9. The van der Waals surface area contributed by atoms with E-state index in [1.807, 2.05) is 84.9 Å². The van der Waals surface area contributed by atoms with Crippen LogP contribution in [0, 0.1) is 0 Å². The first-order valence-corrected chi connectivity index (χ1v) is 12.2. The molecule has 4 aromatic carbocycles. The van der Waals surface area contributed by atoms with Crippen molar-refractivity contribution < 1.29 is 28.6 Å². The zero-order valence-corrected chi connectivity index (χ0v) is 21.6. The third kappa shape index (κ3) is 6.81. The van der Waals surface area contributed by atoms with Crippen molar-refractivity contribution >= 4 is 23.7 Å². The van der Waals surface area contributed by atoms with Crippen molar-refractivity contribution in [1.82, 2.24) is 5.32 Å². The van der Waals surface area contributed by atoms with Gasteiger partial charge in [-0.1, -0.05) is 66.7 Å². The van der Waals surface area contributed by atoms with Crippen LogP contribution in [-0.2, 0) is 22.6 Å². The Labute approximate surface area is 226 Å². The van der Waals surface area contributed by atoms with E-state index in [-0.39, 0.29) is 29.9 Å². The molecule has 0 aliphatic heterocycles. The maximum absolute atomic E-state index is 13.6. The topological polar surface area (TPSA) is 94.2 Å². The number of hydrogen-bond donors (Lipinski definition) is 1. The third-order valence-electron chi connectivity index (χ3n) is 5.90. The van der Waals surface area contributed by atoms with Crippen LogP contribution in [0.3, 0.4) is 0 Å². The predicted molar refractivity (Wildman–Crippen MR) is 147 cm³/mol. The van der Waals surface area contributed by atoms with Gasteiger partial charge in [0.15, 0.2) is 0 Å². The van der Waals surface area contributed by atoms with Gasteiger partial charge in [0.2, 0.25) is 0 Å². The fourth-order valence-corrected chi connectivity index (χ4v) is 3.97. The first-order valence-electron chi connectivity index (χ1n) is 12.2. The molecule has 4 rings (SSSR count). The second-order valence-electron chi connectivity index (χ2n) is 8.47. The monoisotopic (exact) mass is 524 g/mol. The molecule has 0 bridgehead atoms. The quantitative estimate of drug-likeness (QED) is 0.271. The molecule has 0 aromatic heterocycles. The van der Waals surface area contributed by atoms with Crippen LogP contribution in [0.5, 0.6) is 11.5 Å². The Morgan fingerprint density at radius 3 is 1.92 bits per heavy atom. The van der Waals surface area contributed by atoms with Gasteiger partial charge in [0.25, 0.3) is 0 Å². The number of rotatable bonds is 9. The van der Waals surface area contributed by atoms with Gasteiger partial charge in [-0.05, 0) is 47.5 Å². The van der Waals surface area contributed by atoms with Gasteiger partial charge < -0.3 is 19.5 Å². The summed E-state index contributed by atoms with van der Waals surface area (Å²) in [5, 5.41) is 2.91. The maximum Gasteiger partial charge on any atom is 0.340 e. The molecule has 0 heterocycles. The minimum absolute atomic E-state index is 0.00159. The number of ether oxygens (including phenoxy) is 3. The molecule has 1 N–H and O–H groups in total. The second-order valence-corrected chi connectivity index (χ2v) is 8.47. The summed E-state index contributed by atoms with van der Waals surface area (Å²) in [5.41, 5.74) is 1.84. The smallest absolute Gasteiger partial charge is 0.340 e. The highest BCUT2D eigenvalue weighted by atomic mass is 16.5. The lowest BCUT2D eigenvalue weighted by Crippen LogP contribution is -2.40. The first-order chi connectivity index (χ1) is 19.0. The number of nitrogens with one attached hydrogen (secondary N) is 1. The van der Waals surface area contributed by atoms with Gasteiger partial charge in [-0.25, -0.2) is 14.4 Å². The number of nitrogens with zero attached hydrogens (tertiary/aromatic N) is 1. The number of amides is 2. The molecule has 8 nitrogen and oxygen atoms in total. The van der Waals surface area contributed by atoms with Crippen molar-refractivity contribution in [2.45, 2.75) is 13.1 Å². The Balaban J connectivity index is 1.59. The van der Waals surface area contributed by atoms with Crippen LogP contribution >= 0.6 is 0 Å². The van der Waals surface area contributed by atoms with E-state index in [9.17, 15) is 14.4 Å². The average molecular weight is 525 g/mol. The van der Waals surface area contributed by atoms with E-state index in [4.69, 9.17) is 14.2 Å². The van der Waals surface area contributed by atoms with Gasteiger partial charge in [0.1, 0.15) is 11.5 Å². The van der Waals surface area contributed by atoms with Crippen molar-refractivity contribution in [3.63, 3.8) is 0 Å². The SMILES string of the molecule is COC(=O)c1cccc(N(Cc2ccccc2)C(=O)NCc2ccc(Oc3ccccc3)cc2)c1C(=O)OC. The maximum atomic E-state index is 13.6. The number of carbonyl (C=O) groups is 3. The molecule has 39 heavy (non-hydrogen) atoms. The molecule has 0 fully saturated rings. The van der Waals surface area contributed by atoms with Crippen LogP contribution in [0.2, 0.25) is 0 Å². The molecule has 2 amide bonds. The number of anilines is 1. The van der Waals surface area contributed by atoms with E-state index < -0.39 is 18.0 Å².